The molecule has 1 saturated heterocycles. The summed E-state index contributed by atoms with van der Waals surface area (Å²) in [5, 5.41) is 6.82. The second-order valence-electron chi connectivity index (χ2n) is 5.64. The van der Waals surface area contributed by atoms with E-state index in [1.807, 2.05) is 0 Å². The van der Waals surface area contributed by atoms with Gasteiger partial charge in [-0.2, -0.15) is 0 Å². The van der Waals surface area contributed by atoms with Gasteiger partial charge in [0.25, 0.3) is 0 Å². The zero-order valence-corrected chi connectivity index (χ0v) is 10.6. The standard InChI is InChI=1S/C13H25N3/c1-10-3-5-12(6-4-10)9-16-13-14-7-11(2)8-15-13/h9-15H,3-8H2,1-2H3. The van der Waals surface area contributed by atoms with Crippen LogP contribution in [0.15, 0.2) is 4.99 Å². The Balaban J connectivity index is 1.72. The van der Waals surface area contributed by atoms with Crippen molar-refractivity contribution in [2.75, 3.05) is 13.1 Å². The Bertz CT molecular complexity index is 199. The van der Waals surface area contributed by atoms with Crippen LogP contribution in [0.2, 0.25) is 0 Å². The largest absolute Gasteiger partial charge is 0.283 e. The zero-order chi connectivity index (χ0) is 11.4. The van der Waals surface area contributed by atoms with Gasteiger partial charge in [0.1, 0.15) is 0 Å². The van der Waals surface area contributed by atoms with E-state index in [2.05, 4.69) is 35.7 Å². The van der Waals surface area contributed by atoms with Gasteiger partial charge in [-0.15, -0.1) is 0 Å². The normalized spacial score (nSPS) is 41.4. The molecule has 1 saturated carbocycles. The highest BCUT2D eigenvalue weighted by Gasteiger charge is 2.18. The third-order valence-corrected chi connectivity index (χ3v) is 3.83. The Kier molecular flexibility index (Phi) is 4.36. The van der Waals surface area contributed by atoms with E-state index < -0.39 is 0 Å². The van der Waals surface area contributed by atoms with Crippen LogP contribution in [0.1, 0.15) is 39.5 Å². The van der Waals surface area contributed by atoms with Crippen molar-refractivity contribution in [3.8, 4) is 0 Å². The topological polar surface area (TPSA) is 36.4 Å². The maximum Gasteiger partial charge on any atom is 0.153 e. The Morgan fingerprint density at radius 1 is 0.938 bits per heavy atom. The van der Waals surface area contributed by atoms with Gasteiger partial charge >= 0.3 is 0 Å². The maximum atomic E-state index is 4.62. The lowest BCUT2D eigenvalue weighted by Gasteiger charge is -2.27. The minimum absolute atomic E-state index is 0.163. The number of nitrogens with zero attached hydrogens (tertiary/aromatic N) is 1. The van der Waals surface area contributed by atoms with E-state index in [-0.39, 0.29) is 6.29 Å². The summed E-state index contributed by atoms with van der Waals surface area (Å²) in [6.45, 7) is 6.77. The van der Waals surface area contributed by atoms with Crippen molar-refractivity contribution in [3.05, 3.63) is 0 Å². The molecular formula is C13H25N3. The van der Waals surface area contributed by atoms with Gasteiger partial charge in [-0.25, -0.2) is 0 Å². The van der Waals surface area contributed by atoms with Crippen LogP contribution in [0.25, 0.3) is 0 Å². The third-order valence-electron chi connectivity index (χ3n) is 3.83. The molecule has 2 N–H and O–H groups in total. The van der Waals surface area contributed by atoms with Crippen LogP contribution in [0.4, 0.5) is 0 Å². The van der Waals surface area contributed by atoms with Gasteiger partial charge in [0.2, 0.25) is 0 Å². The van der Waals surface area contributed by atoms with E-state index in [0.29, 0.717) is 0 Å². The van der Waals surface area contributed by atoms with Crippen LogP contribution < -0.4 is 10.6 Å². The average Bonchev–Trinajstić information content (AvgIpc) is 2.30. The summed E-state index contributed by atoms with van der Waals surface area (Å²) >= 11 is 0. The summed E-state index contributed by atoms with van der Waals surface area (Å²) in [7, 11) is 0. The maximum absolute atomic E-state index is 4.62. The Labute approximate surface area is 99.1 Å². The van der Waals surface area contributed by atoms with Crippen molar-refractivity contribution in [2.24, 2.45) is 22.7 Å². The fourth-order valence-electron chi connectivity index (χ4n) is 2.52. The Morgan fingerprint density at radius 3 is 2.19 bits per heavy atom. The zero-order valence-electron chi connectivity index (χ0n) is 10.6. The lowest BCUT2D eigenvalue weighted by atomic mass is 9.84. The van der Waals surface area contributed by atoms with Crippen LogP contribution in [-0.4, -0.2) is 25.6 Å². The summed E-state index contributed by atoms with van der Waals surface area (Å²) < 4.78 is 0. The molecule has 3 nitrogen and oxygen atoms in total. The first kappa shape index (κ1) is 12.1. The molecule has 0 aromatic heterocycles. The highest BCUT2D eigenvalue weighted by atomic mass is 15.3. The summed E-state index contributed by atoms with van der Waals surface area (Å²) in [6, 6.07) is 0. The number of nitrogens with one attached hydrogen (secondary N) is 2. The summed E-state index contributed by atoms with van der Waals surface area (Å²) in [5.41, 5.74) is 0. The van der Waals surface area contributed by atoms with Crippen LogP contribution in [0.3, 0.4) is 0 Å². The smallest absolute Gasteiger partial charge is 0.153 e. The van der Waals surface area contributed by atoms with Crippen molar-refractivity contribution < 1.29 is 0 Å². The van der Waals surface area contributed by atoms with Crippen molar-refractivity contribution >= 4 is 6.21 Å². The fourth-order valence-corrected chi connectivity index (χ4v) is 2.52. The molecule has 0 aromatic rings. The number of hydrogen-bond donors (Lipinski definition) is 2. The molecule has 0 unspecified atom stereocenters. The molecule has 1 aliphatic carbocycles. The number of hydrogen-bond acceptors (Lipinski definition) is 3. The van der Waals surface area contributed by atoms with E-state index in [0.717, 1.165) is 30.8 Å². The number of rotatable bonds is 2. The number of aliphatic imine (C=N–C) groups is 1. The molecule has 92 valence electrons. The molecule has 3 heteroatoms. The van der Waals surface area contributed by atoms with Gasteiger partial charge in [0, 0.05) is 19.3 Å². The molecule has 0 aromatic carbocycles. The second-order valence-corrected chi connectivity index (χ2v) is 5.64. The van der Waals surface area contributed by atoms with Crippen molar-refractivity contribution in [3.63, 3.8) is 0 Å². The van der Waals surface area contributed by atoms with Crippen molar-refractivity contribution in [1.82, 2.24) is 10.6 Å². The van der Waals surface area contributed by atoms with E-state index in [1.54, 1.807) is 0 Å². The lowest BCUT2D eigenvalue weighted by molar-refractivity contribution is 0.313. The molecule has 0 amide bonds. The Hall–Kier alpha value is -0.410. The van der Waals surface area contributed by atoms with Gasteiger partial charge in [-0.1, -0.05) is 26.7 Å². The van der Waals surface area contributed by atoms with Gasteiger partial charge in [0.05, 0.1) is 0 Å². The second kappa shape index (κ2) is 5.78. The Morgan fingerprint density at radius 2 is 1.56 bits per heavy atom. The molecule has 1 heterocycles. The molecular weight excluding hydrogens is 198 g/mol. The van der Waals surface area contributed by atoms with E-state index >= 15 is 0 Å². The summed E-state index contributed by atoms with van der Waals surface area (Å²) in [4.78, 5) is 4.62. The minimum Gasteiger partial charge on any atom is -0.283 e. The molecule has 1 aliphatic heterocycles. The van der Waals surface area contributed by atoms with E-state index in [9.17, 15) is 0 Å². The van der Waals surface area contributed by atoms with Crippen LogP contribution >= 0.6 is 0 Å². The minimum atomic E-state index is 0.163. The summed E-state index contributed by atoms with van der Waals surface area (Å²) in [5.74, 6) is 2.37. The predicted molar refractivity (Wildman–Crippen MR) is 68.6 cm³/mol. The first-order valence-electron chi connectivity index (χ1n) is 6.74. The molecule has 2 rings (SSSR count). The molecule has 0 spiro atoms. The molecule has 2 aliphatic rings. The first-order valence-corrected chi connectivity index (χ1v) is 6.74. The van der Waals surface area contributed by atoms with Crippen LogP contribution in [0.5, 0.6) is 0 Å². The van der Waals surface area contributed by atoms with E-state index in [4.69, 9.17) is 0 Å². The van der Waals surface area contributed by atoms with Crippen LogP contribution in [-0.2, 0) is 0 Å². The SMILES string of the molecule is CC1CCC(C=NC2NCC(C)CN2)CC1. The monoisotopic (exact) mass is 223 g/mol. The molecule has 0 bridgehead atoms. The molecule has 16 heavy (non-hydrogen) atoms. The summed E-state index contributed by atoms with van der Waals surface area (Å²) in [6.07, 6.45) is 7.75. The van der Waals surface area contributed by atoms with Crippen LogP contribution in [0, 0.1) is 17.8 Å². The molecule has 0 atom stereocenters. The van der Waals surface area contributed by atoms with Gasteiger partial charge < -0.3 is 0 Å². The molecule has 0 radical (unpaired) electrons. The van der Waals surface area contributed by atoms with E-state index in [1.165, 1.54) is 25.7 Å². The van der Waals surface area contributed by atoms with Gasteiger partial charge in [0.15, 0.2) is 6.29 Å². The highest BCUT2D eigenvalue weighted by molar-refractivity contribution is 5.61. The first-order chi connectivity index (χ1) is 7.74. The molecule has 2 fully saturated rings. The lowest BCUT2D eigenvalue weighted by Crippen LogP contribution is -2.51. The van der Waals surface area contributed by atoms with Gasteiger partial charge in [-0.05, 0) is 30.6 Å². The third kappa shape index (κ3) is 3.56. The van der Waals surface area contributed by atoms with Crippen molar-refractivity contribution in [2.45, 2.75) is 45.8 Å². The highest BCUT2D eigenvalue weighted by Crippen LogP contribution is 2.26. The fraction of sp³-hybridized carbons (Fsp3) is 0.923. The predicted octanol–water partition coefficient (Wildman–Crippen LogP) is 2.00. The quantitative estimate of drug-likeness (QED) is 0.702. The van der Waals surface area contributed by atoms with Gasteiger partial charge in [-0.3, -0.25) is 15.6 Å². The van der Waals surface area contributed by atoms with Crippen molar-refractivity contribution in [1.29, 1.82) is 0 Å². The average molecular weight is 223 g/mol.